The smallest absolute Gasteiger partial charge is 0.397 e. The maximum Gasteiger partial charge on any atom is 0.397 e. The molecule has 2 rings (SSSR count). The second-order valence-corrected chi connectivity index (χ2v) is 12.1. The Morgan fingerprint density at radius 2 is 1.46 bits per heavy atom. The van der Waals surface area contributed by atoms with Crippen molar-refractivity contribution in [2.75, 3.05) is 20.3 Å². The molecule has 0 aromatic heterocycles. The molecule has 0 radical (unpaired) electrons. The monoisotopic (exact) mass is 657 g/mol. The average molecular weight is 658 g/mol. The van der Waals surface area contributed by atoms with E-state index >= 15 is 0 Å². The van der Waals surface area contributed by atoms with Crippen LogP contribution in [0.15, 0.2) is 0 Å². The highest BCUT2D eigenvalue weighted by Crippen LogP contribution is 2.31. The van der Waals surface area contributed by atoms with E-state index in [1.807, 2.05) is 0 Å². The van der Waals surface area contributed by atoms with Crippen LogP contribution in [0, 0.1) is 0 Å². The van der Waals surface area contributed by atoms with Gasteiger partial charge in [0, 0.05) is 6.42 Å². The zero-order chi connectivity index (χ0) is 30.0. The number of hydrogen-bond donors (Lipinski definition) is 6. The lowest BCUT2D eigenvalue weighted by atomic mass is 9.98. The number of nitrogens with one attached hydrogen (secondary N) is 1. The molecule has 0 spiro atoms. The third-order valence-electron chi connectivity index (χ3n) is 4.88. The van der Waals surface area contributed by atoms with Crippen LogP contribution in [-0.2, 0) is 77.8 Å². The summed E-state index contributed by atoms with van der Waals surface area (Å²) in [5, 5.41) is 10.4. The topological polar surface area (TPSA) is 331 Å². The molecule has 2 aliphatic rings. The van der Waals surface area contributed by atoms with Crippen molar-refractivity contribution in [1.29, 1.82) is 0 Å². The van der Waals surface area contributed by atoms with Gasteiger partial charge in [-0.1, -0.05) is 0 Å². The second kappa shape index (κ2) is 12.8. The Balaban J connectivity index is 2.57. The fourth-order valence-electron chi connectivity index (χ4n) is 3.50. The summed E-state index contributed by atoms with van der Waals surface area (Å²) in [4.78, 5) is 12.0. The van der Waals surface area contributed by atoms with Crippen LogP contribution in [0.2, 0.25) is 0 Å². The summed E-state index contributed by atoms with van der Waals surface area (Å²) in [5.41, 5.74) is 0. The number of hydrogen-bond acceptors (Lipinski definition) is 17. The van der Waals surface area contributed by atoms with Gasteiger partial charge in [0.2, 0.25) is 0 Å². The highest BCUT2D eigenvalue weighted by molar-refractivity contribution is 7.83. The summed E-state index contributed by atoms with van der Waals surface area (Å²) in [6.07, 6.45) is -15.5. The van der Waals surface area contributed by atoms with Gasteiger partial charge >= 0.3 is 47.5 Å². The van der Waals surface area contributed by atoms with Gasteiger partial charge in [-0.2, -0.15) is 38.4 Å². The Bertz CT molecular complexity index is 1290. The molecule has 0 saturated carbocycles. The van der Waals surface area contributed by atoms with Crippen molar-refractivity contribution in [2.24, 2.45) is 0 Å². The number of aliphatic hydroxyl groups is 1. The van der Waals surface area contributed by atoms with Gasteiger partial charge in [-0.3, -0.25) is 18.2 Å². The van der Waals surface area contributed by atoms with Gasteiger partial charge in [-0.15, -0.1) is 0 Å². The molecule has 0 aliphatic carbocycles. The van der Waals surface area contributed by atoms with Crippen LogP contribution < -0.4 is 4.72 Å². The number of esters is 1. The Kier molecular flexibility index (Phi) is 11.1. The summed E-state index contributed by atoms with van der Waals surface area (Å²) in [6, 6.07) is -1.97. The third kappa shape index (κ3) is 11.3. The van der Waals surface area contributed by atoms with E-state index in [4.69, 9.17) is 27.9 Å². The number of rotatable bonds is 12. The maximum atomic E-state index is 12.0. The lowest BCUT2D eigenvalue weighted by molar-refractivity contribution is -0.302. The van der Waals surface area contributed by atoms with Crippen molar-refractivity contribution in [2.45, 2.75) is 55.4 Å². The lowest BCUT2D eigenvalue weighted by Gasteiger charge is -2.44. The lowest BCUT2D eigenvalue weighted by Crippen LogP contribution is -2.64. The van der Waals surface area contributed by atoms with E-state index in [1.165, 1.54) is 4.72 Å². The Morgan fingerprint density at radius 3 is 1.95 bits per heavy atom. The number of ether oxygens (including phenoxy) is 4. The minimum atomic E-state index is -5.53. The highest BCUT2D eigenvalue weighted by atomic mass is 32.3. The van der Waals surface area contributed by atoms with Crippen LogP contribution in [-0.4, -0.2) is 132 Å². The Hall–Kier alpha value is -1.21. The molecule has 39 heavy (non-hydrogen) atoms. The minimum Gasteiger partial charge on any atom is -0.467 e. The molecule has 0 aromatic carbocycles. The molecule has 0 amide bonds. The quantitative estimate of drug-likeness (QED) is 0.0848. The Morgan fingerprint density at radius 1 is 0.897 bits per heavy atom. The highest BCUT2D eigenvalue weighted by Gasteiger charge is 2.51. The first-order chi connectivity index (χ1) is 17.6. The number of carbonyl (C=O) groups excluding carboxylic acids is 1. The molecule has 2 fully saturated rings. The van der Waals surface area contributed by atoms with E-state index in [2.05, 4.69) is 17.3 Å². The van der Waals surface area contributed by atoms with E-state index < -0.39 is 116 Å². The molecule has 0 aromatic rings. The second-order valence-electron chi connectivity index (χ2n) is 7.68. The molecule has 230 valence electrons. The van der Waals surface area contributed by atoms with Crippen LogP contribution in [0.1, 0.15) is 6.42 Å². The molecule has 2 aliphatic heterocycles. The van der Waals surface area contributed by atoms with E-state index in [1.54, 1.807) is 0 Å². The standard InChI is InChI=1S/C13H23NO21S4/c1-29-12(16)7-2-6(15)10(35-39(26,27)28)13(32-7)33-11-8(4-31-37(20,21)22)30-3-5(14-36(17,18)19)9(11)34-38(23,24)25/h5-11,13-15H,2-4H2,1H3,(H,17,18,19)(H,20,21,22)(H,23,24,25)(H,26,27,28). The largest absolute Gasteiger partial charge is 0.467 e. The van der Waals surface area contributed by atoms with Gasteiger partial charge in [0.05, 0.1) is 32.5 Å². The van der Waals surface area contributed by atoms with Crippen molar-refractivity contribution in [3.8, 4) is 0 Å². The number of aliphatic hydroxyl groups excluding tert-OH is 1. The number of methoxy groups -OCH3 is 1. The van der Waals surface area contributed by atoms with Gasteiger partial charge < -0.3 is 24.1 Å². The van der Waals surface area contributed by atoms with Gasteiger partial charge in [-0.25, -0.2) is 17.3 Å². The van der Waals surface area contributed by atoms with Gasteiger partial charge in [-0.05, 0) is 0 Å². The third-order valence-corrected chi connectivity index (χ3v) is 6.85. The first-order valence-corrected chi connectivity index (χ1v) is 15.5. The molecule has 22 nitrogen and oxygen atoms in total. The van der Waals surface area contributed by atoms with E-state index in [9.17, 15) is 48.1 Å². The van der Waals surface area contributed by atoms with Crippen LogP contribution in [0.25, 0.3) is 0 Å². The summed E-state index contributed by atoms with van der Waals surface area (Å²) in [5.74, 6) is -1.16. The van der Waals surface area contributed by atoms with Crippen LogP contribution >= 0.6 is 0 Å². The predicted molar refractivity (Wildman–Crippen MR) is 115 cm³/mol. The molecule has 0 bridgehead atoms. The fourth-order valence-corrected chi connectivity index (χ4v) is 5.42. The molecule has 6 N–H and O–H groups in total. The van der Waals surface area contributed by atoms with Crippen LogP contribution in [0.5, 0.6) is 0 Å². The van der Waals surface area contributed by atoms with Crippen molar-refractivity contribution in [3.63, 3.8) is 0 Å². The van der Waals surface area contributed by atoms with Crippen LogP contribution in [0.3, 0.4) is 0 Å². The van der Waals surface area contributed by atoms with E-state index in [0.29, 0.717) is 0 Å². The molecule has 26 heteroatoms. The van der Waals surface area contributed by atoms with E-state index in [-0.39, 0.29) is 0 Å². The van der Waals surface area contributed by atoms with Gasteiger partial charge in [0.1, 0.15) is 18.3 Å². The first-order valence-electron chi connectivity index (χ1n) is 9.95. The molecule has 2 saturated heterocycles. The number of carbonyl (C=O) groups is 1. The van der Waals surface area contributed by atoms with Gasteiger partial charge in [0.15, 0.2) is 18.5 Å². The van der Waals surface area contributed by atoms with Crippen molar-refractivity contribution < 1.29 is 93.3 Å². The zero-order valence-corrected chi connectivity index (χ0v) is 22.4. The molecule has 2 heterocycles. The summed E-state index contributed by atoms with van der Waals surface area (Å²) in [7, 11) is -20.4. The minimum absolute atomic E-state index is 0.707. The molecule has 8 unspecified atom stereocenters. The average Bonchev–Trinajstić information content (AvgIpc) is 2.73. The first kappa shape index (κ1) is 34.0. The van der Waals surface area contributed by atoms with E-state index in [0.717, 1.165) is 7.11 Å². The summed E-state index contributed by atoms with van der Waals surface area (Å²) in [6.45, 7) is -2.18. The normalized spacial score (nSPS) is 33.0. The fraction of sp³-hybridized carbons (Fsp3) is 0.923. The van der Waals surface area contributed by atoms with Crippen molar-refractivity contribution in [1.82, 2.24) is 4.72 Å². The predicted octanol–water partition coefficient (Wildman–Crippen LogP) is -4.62. The molecule has 8 atom stereocenters. The molecular weight excluding hydrogens is 634 g/mol. The summed E-state index contributed by atoms with van der Waals surface area (Å²) >= 11 is 0. The molecular formula is C13H23NO21S4. The maximum absolute atomic E-state index is 12.0. The van der Waals surface area contributed by atoms with Crippen molar-refractivity contribution in [3.05, 3.63) is 0 Å². The SMILES string of the molecule is COC(=O)C1CC(O)C(OS(=O)(=O)O)C(OC2C(COS(=O)(=O)O)OCC(NS(=O)(=O)O)C2OS(=O)(=O)O)O1. The Labute approximate surface area is 221 Å². The van der Waals surface area contributed by atoms with Crippen molar-refractivity contribution >= 4 is 47.5 Å². The summed E-state index contributed by atoms with van der Waals surface area (Å²) < 4.78 is 161. The zero-order valence-electron chi connectivity index (χ0n) is 19.1. The van der Waals surface area contributed by atoms with Crippen LogP contribution in [0.4, 0.5) is 0 Å². The van der Waals surface area contributed by atoms with Gasteiger partial charge in [0.25, 0.3) is 0 Å².